The Bertz CT molecular complexity index is 862. The fourth-order valence-electron chi connectivity index (χ4n) is 2.16. The van der Waals surface area contributed by atoms with Crippen LogP contribution in [0.3, 0.4) is 0 Å². The Hall–Kier alpha value is -3.01. The zero-order valence-electron chi connectivity index (χ0n) is 14.3. The van der Waals surface area contributed by atoms with Gasteiger partial charge in [0, 0.05) is 19.2 Å². The quantitative estimate of drug-likeness (QED) is 0.386. The van der Waals surface area contributed by atoms with Gasteiger partial charge in [0.25, 0.3) is 11.6 Å². The van der Waals surface area contributed by atoms with E-state index >= 15 is 0 Å². The van der Waals surface area contributed by atoms with Crippen molar-refractivity contribution in [3.05, 3.63) is 63.2 Å². The van der Waals surface area contributed by atoms with Crippen LogP contribution in [-0.2, 0) is 11.0 Å². The third-order valence-electron chi connectivity index (χ3n) is 3.48. The summed E-state index contributed by atoms with van der Waals surface area (Å²) in [6.45, 7) is -0.156. The summed E-state index contributed by atoms with van der Waals surface area (Å²) in [5.41, 5.74) is -1.91. The van der Waals surface area contributed by atoms with Gasteiger partial charge in [0.15, 0.2) is 6.61 Å². The Kier molecular flexibility index (Phi) is 7.05. The smallest absolute Gasteiger partial charge is 0.416 e. The molecule has 0 radical (unpaired) electrons. The molecule has 0 aliphatic heterocycles. The highest BCUT2D eigenvalue weighted by molar-refractivity contribution is 6.32. The number of nitro benzene ring substituents is 1. The standard InChI is InChI=1S/C17H15ClF3N3O4/c18-12-3-1-2-4-15(12)28-10-16(25)23-8-7-22-13-6-5-11(17(19,20)21)9-14(13)24(26)27/h1-6,9,22H,7-8,10H2,(H,23,25). The summed E-state index contributed by atoms with van der Waals surface area (Å²) in [6.07, 6.45) is -4.68. The van der Waals surface area contributed by atoms with Crippen LogP contribution in [0.4, 0.5) is 24.5 Å². The second-order valence-corrected chi connectivity index (χ2v) is 5.89. The lowest BCUT2D eigenvalue weighted by molar-refractivity contribution is -0.384. The lowest BCUT2D eigenvalue weighted by atomic mass is 10.1. The molecule has 2 aromatic carbocycles. The highest BCUT2D eigenvalue weighted by Gasteiger charge is 2.32. The Morgan fingerprint density at radius 2 is 1.89 bits per heavy atom. The van der Waals surface area contributed by atoms with Gasteiger partial charge in [0.2, 0.25) is 0 Å². The Balaban J connectivity index is 1.83. The lowest BCUT2D eigenvalue weighted by Gasteiger charge is -2.11. The molecule has 0 fully saturated rings. The molecule has 11 heteroatoms. The van der Waals surface area contributed by atoms with Crippen LogP contribution >= 0.6 is 11.6 Å². The van der Waals surface area contributed by atoms with Crippen LogP contribution in [-0.4, -0.2) is 30.5 Å². The van der Waals surface area contributed by atoms with Crippen LogP contribution in [0.5, 0.6) is 5.75 Å². The van der Waals surface area contributed by atoms with E-state index in [4.69, 9.17) is 16.3 Å². The summed E-state index contributed by atoms with van der Waals surface area (Å²) in [7, 11) is 0. The van der Waals surface area contributed by atoms with Crippen LogP contribution in [0.15, 0.2) is 42.5 Å². The number of alkyl halides is 3. The second-order valence-electron chi connectivity index (χ2n) is 5.48. The fraction of sp³-hybridized carbons (Fsp3) is 0.235. The third-order valence-corrected chi connectivity index (χ3v) is 3.79. The van der Waals surface area contributed by atoms with E-state index in [-0.39, 0.29) is 25.4 Å². The number of hydrogen-bond acceptors (Lipinski definition) is 5. The van der Waals surface area contributed by atoms with E-state index in [1.54, 1.807) is 24.3 Å². The van der Waals surface area contributed by atoms with E-state index < -0.39 is 28.3 Å². The number of nitrogens with zero attached hydrogens (tertiary/aromatic N) is 1. The molecular weight excluding hydrogens is 403 g/mol. The van der Waals surface area contributed by atoms with Gasteiger partial charge >= 0.3 is 6.18 Å². The number of nitro groups is 1. The number of carbonyl (C=O) groups is 1. The molecule has 0 aromatic heterocycles. The number of carbonyl (C=O) groups excluding carboxylic acids is 1. The van der Waals surface area contributed by atoms with E-state index in [1.807, 2.05) is 0 Å². The minimum absolute atomic E-state index is 0.0596. The molecule has 7 nitrogen and oxygen atoms in total. The Labute approximate surface area is 162 Å². The van der Waals surface area contributed by atoms with Crippen LogP contribution in [0.25, 0.3) is 0 Å². The molecule has 0 saturated carbocycles. The number of para-hydroxylation sites is 1. The van der Waals surface area contributed by atoms with Crippen molar-refractivity contribution in [2.75, 3.05) is 25.0 Å². The average molecular weight is 418 g/mol. The monoisotopic (exact) mass is 417 g/mol. The summed E-state index contributed by atoms with van der Waals surface area (Å²) in [6, 6.07) is 8.78. The molecule has 0 heterocycles. The number of anilines is 1. The lowest BCUT2D eigenvalue weighted by Crippen LogP contribution is -2.32. The van der Waals surface area contributed by atoms with Crippen molar-refractivity contribution in [2.45, 2.75) is 6.18 Å². The zero-order valence-corrected chi connectivity index (χ0v) is 15.0. The summed E-state index contributed by atoms with van der Waals surface area (Å²) in [5, 5.41) is 16.5. The minimum atomic E-state index is -4.68. The largest absolute Gasteiger partial charge is 0.482 e. The molecule has 28 heavy (non-hydrogen) atoms. The van der Waals surface area contributed by atoms with Crippen molar-refractivity contribution < 1.29 is 27.6 Å². The number of benzene rings is 2. The fourth-order valence-corrected chi connectivity index (χ4v) is 2.35. The molecule has 0 atom stereocenters. The number of halogens is 4. The summed E-state index contributed by atoms with van der Waals surface area (Å²) >= 11 is 5.89. The van der Waals surface area contributed by atoms with E-state index in [9.17, 15) is 28.1 Å². The van der Waals surface area contributed by atoms with Crippen molar-refractivity contribution in [1.29, 1.82) is 0 Å². The summed E-state index contributed by atoms with van der Waals surface area (Å²) in [4.78, 5) is 21.8. The highest BCUT2D eigenvalue weighted by Crippen LogP contribution is 2.34. The Morgan fingerprint density at radius 3 is 2.54 bits per heavy atom. The second kappa shape index (κ2) is 9.27. The van der Waals surface area contributed by atoms with Gasteiger partial charge in [-0.1, -0.05) is 23.7 Å². The highest BCUT2D eigenvalue weighted by atomic mass is 35.5. The molecule has 0 spiro atoms. The minimum Gasteiger partial charge on any atom is -0.482 e. The summed E-state index contributed by atoms with van der Waals surface area (Å²) in [5.74, 6) is -0.110. The topological polar surface area (TPSA) is 93.5 Å². The van der Waals surface area contributed by atoms with E-state index in [2.05, 4.69) is 10.6 Å². The first-order valence-corrected chi connectivity index (χ1v) is 8.30. The maximum Gasteiger partial charge on any atom is 0.416 e. The van der Waals surface area contributed by atoms with E-state index in [0.29, 0.717) is 16.8 Å². The van der Waals surface area contributed by atoms with Crippen molar-refractivity contribution in [3.63, 3.8) is 0 Å². The van der Waals surface area contributed by atoms with Gasteiger partial charge in [-0.2, -0.15) is 13.2 Å². The van der Waals surface area contributed by atoms with Gasteiger partial charge in [0.05, 0.1) is 15.5 Å². The number of ether oxygens (including phenoxy) is 1. The molecule has 0 unspecified atom stereocenters. The average Bonchev–Trinajstić information content (AvgIpc) is 2.63. The molecule has 2 aromatic rings. The van der Waals surface area contributed by atoms with Gasteiger partial charge in [-0.3, -0.25) is 14.9 Å². The van der Waals surface area contributed by atoms with Crippen molar-refractivity contribution >= 4 is 28.9 Å². The Morgan fingerprint density at radius 1 is 1.18 bits per heavy atom. The van der Waals surface area contributed by atoms with Crippen LogP contribution in [0.1, 0.15) is 5.56 Å². The molecule has 2 N–H and O–H groups in total. The molecule has 0 bridgehead atoms. The van der Waals surface area contributed by atoms with Crippen LogP contribution in [0.2, 0.25) is 5.02 Å². The van der Waals surface area contributed by atoms with Gasteiger partial charge in [-0.25, -0.2) is 0 Å². The van der Waals surface area contributed by atoms with Crippen LogP contribution in [0, 0.1) is 10.1 Å². The van der Waals surface area contributed by atoms with Crippen molar-refractivity contribution in [3.8, 4) is 5.75 Å². The predicted molar refractivity (Wildman–Crippen MR) is 96.5 cm³/mol. The van der Waals surface area contributed by atoms with E-state index in [0.717, 1.165) is 12.1 Å². The first kappa shape index (κ1) is 21.3. The van der Waals surface area contributed by atoms with Crippen LogP contribution < -0.4 is 15.4 Å². The summed E-state index contributed by atoms with van der Waals surface area (Å²) < 4.78 is 43.3. The maximum absolute atomic E-state index is 12.7. The normalized spacial score (nSPS) is 11.0. The van der Waals surface area contributed by atoms with Crippen molar-refractivity contribution in [1.82, 2.24) is 5.32 Å². The van der Waals surface area contributed by atoms with E-state index in [1.165, 1.54) is 0 Å². The van der Waals surface area contributed by atoms with Crippen molar-refractivity contribution in [2.24, 2.45) is 0 Å². The SMILES string of the molecule is O=C(COc1ccccc1Cl)NCCNc1ccc(C(F)(F)F)cc1[N+](=O)[O-]. The van der Waals surface area contributed by atoms with Gasteiger partial charge in [-0.15, -0.1) is 0 Å². The van der Waals surface area contributed by atoms with Gasteiger partial charge in [-0.05, 0) is 24.3 Å². The molecule has 0 aliphatic rings. The predicted octanol–water partition coefficient (Wildman–Crippen LogP) is 3.87. The molecule has 150 valence electrons. The number of amides is 1. The first-order valence-electron chi connectivity index (χ1n) is 7.92. The zero-order chi connectivity index (χ0) is 20.7. The number of hydrogen-bond donors (Lipinski definition) is 2. The molecular formula is C17H15ClF3N3O4. The maximum atomic E-state index is 12.7. The third kappa shape index (κ3) is 6.02. The molecule has 2 rings (SSSR count). The van der Waals surface area contributed by atoms with Gasteiger partial charge < -0.3 is 15.4 Å². The first-order chi connectivity index (χ1) is 13.2. The van der Waals surface area contributed by atoms with Gasteiger partial charge in [0.1, 0.15) is 11.4 Å². The molecule has 1 amide bonds. The molecule has 0 aliphatic carbocycles. The molecule has 0 saturated heterocycles. The number of nitrogens with one attached hydrogen (secondary N) is 2. The number of rotatable bonds is 8.